The molecule has 3 aromatic rings. The average Bonchev–Trinajstić information content (AvgIpc) is 2.82. The van der Waals surface area contributed by atoms with Gasteiger partial charge in [-0.1, -0.05) is 23.5 Å². The summed E-state index contributed by atoms with van der Waals surface area (Å²) in [4.78, 5) is 4.19. The largest absolute Gasteiger partial charge is 0.264 e. The lowest BCUT2D eigenvalue weighted by atomic mass is 10.2. The van der Waals surface area contributed by atoms with E-state index in [9.17, 15) is 8.42 Å². The Hall–Kier alpha value is -2.06. The van der Waals surface area contributed by atoms with E-state index in [1.54, 1.807) is 37.5 Å². The maximum Gasteiger partial charge on any atom is 0.264 e. The number of aromatic nitrogens is 3. The van der Waals surface area contributed by atoms with Crippen LogP contribution in [0.25, 0.3) is 10.8 Å². The second-order valence-corrected chi connectivity index (χ2v) is 6.92. The molecule has 3 rings (SSSR count). The number of benzene rings is 1. The topological polar surface area (TPSA) is 84.8 Å². The first-order valence-corrected chi connectivity index (χ1v) is 8.02. The molecule has 0 saturated carbocycles. The van der Waals surface area contributed by atoms with Crippen molar-refractivity contribution >= 4 is 37.3 Å². The Morgan fingerprint density at radius 1 is 1.20 bits per heavy atom. The number of aryl methyl sites for hydroxylation is 1. The molecule has 8 heteroatoms. The highest BCUT2D eigenvalue weighted by atomic mass is 32.2. The number of anilines is 1. The van der Waals surface area contributed by atoms with E-state index in [-0.39, 0.29) is 10.0 Å². The number of hydrogen-bond donors (Lipinski definition) is 1. The zero-order valence-electron chi connectivity index (χ0n) is 10.4. The highest BCUT2D eigenvalue weighted by Crippen LogP contribution is 2.25. The zero-order valence-corrected chi connectivity index (χ0v) is 12.1. The lowest BCUT2D eigenvalue weighted by Crippen LogP contribution is -2.13. The Kier molecular flexibility index (Phi) is 3.11. The van der Waals surface area contributed by atoms with Crippen LogP contribution in [0.5, 0.6) is 0 Å². The second kappa shape index (κ2) is 4.80. The van der Waals surface area contributed by atoms with Crippen LogP contribution in [0, 0.1) is 6.92 Å². The fourth-order valence-corrected chi connectivity index (χ4v) is 3.89. The summed E-state index contributed by atoms with van der Waals surface area (Å²) in [6, 6.07) is 6.73. The van der Waals surface area contributed by atoms with E-state index in [0.717, 1.165) is 5.39 Å². The molecule has 1 N–H and O–H groups in total. The molecule has 0 spiro atoms. The maximum absolute atomic E-state index is 12.4. The molecule has 0 fully saturated rings. The molecular formula is C12H10N4O2S2. The fraction of sp³-hybridized carbons (Fsp3) is 0.0833. The van der Waals surface area contributed by atoms with Crippen LogP contribution in [-0.4, -0.2) is 23.6 Å². The Labute approximate surface area is 119 Å². The molecule has 2 heterocycles. The molecule has 20 heavy (non-hydrogen) atoms. The molecule has 0 aliphatic carbocycles. The van der Waals surface area contributed by atoms with Gasteiger partial charge in [-0.25, -0.2) is 8.42 Å². The molecule has 0 amide bonds. The average molecular weight is 306 g/mol. The van der Waals surface area contributed by atoms with Crippen LogP contribution in [0.4, 0.5) is 5.13 Å². The van der Waals surface area contributed by atoms with Gasteiger partial charge in [0.25, 0.3) is 10.0 Å². The summed E-state index contributed by atoms with van der Waals surface area (Å²) in [5.41, 5.74) is 0. The molecule has 102 valence electrons. The molecular weight excluding hydrogens is 296 g/mol. The Morgan fingerprint density at radius 2 is 2.05 bits per heavy atom. The molecule has 1 aromatic carbocycles. The first kappa shape index (κ1) is 12.9. The molecule has 0 atom stereocenters. The van der Waals surface area contributed by atoms with E-state index in [1.165, 1.54) is 11.3 Å². The quantitative estimate of drug-likeness (QED) is 0.802. The van der Waals surface area contributed by atoms with Gasteiger partial charge in [-0.05, 0) is 19.1 Å². The van der Waals surface area contributed by atoms with Crippen LogP contribution in [0.1, 0.15) is 5.01 Å². The third-order valence-corrected chi connectivity index (χ3v) is 4.96. The van der Waals surface area contributed by atoms with Crippen LogP contribution < -0.4 is 4.72 Å². The van der Waals surface area contributed by atoms with Crippen molar-refractivity contribution in [1.82, 2.24) is 15.2 Å². The minimum atomic E-state index is -3.70. The lowest BCUT2D eigenvalue weighted by Gasteiger charge is -2.07. The Balaban J connectivity index is 2.09. The number of fused-ring (bicyclic) bond motifs is 1. The van der Waals surface area contributed by atoms with Crippen molar-refractivity contribution in [2.75, 3.05) is 4.72 Å². The third-order valence-electron chi connectivity index (χ3n) is 2.68. The van der Waals surface area contributed by atoms with Crippen molar-refractivity contribution < 1.29 is 8.42 Å². The van der Waals surface area contributed by atoms with Crippen molar-refractivity contribution in [3.8, 4) is 0 Å². The van der Waals surface area contributed by atoms with Gasteiger partial charge < -0.3 is 0 Å². The number of hydrogen-bond acceptors (Lipinski definition) is 6. The van der Waals surface area contributed by atoms with Gasteiger partial charge in [-0.15, -0.1) is 10.2 Å². The predicted molar refractivity (Wildman–Crippen MR) is 77.2 cm³/mol. The van der Waals surface area contributed by atoms with Crippen molar-refractivity contribution in [2.45, 2.75) is 11.8 Å². The smallest absolute Gasteiger partial charge is 0.264 e. The van der Waals surface area contributed by atoms with Gasteiger partial charge in [-0.3, -0.25) is 9.71 Å². The summed E-state index contributed by atoms with van der Waals surface area (Å²) in [7, 11) is -3.70. The van der Waals surface area contributed by atoms with E-state index < -0.39 is 10.0 Å². The van der Waals surface area contributed by atoms with Gasteiger partial charge >= 0.3 is 0 Å². The summed E-state index contributed by atoms with van der Waals surface area (Å²) in [6.45, 7) is 1.76. The molecule has 0 saturated heterocycles. The SMILES string of the molecule is Cc1nnc(NS(=O)(=O)c2cccc3cnccc23)s1. The number of pyridine rings is 1. The molecule has 0 radical (unpaired) electrons. The third kappa shape index (κ3) is 2.35. The minimum absolute atomic E-state index is 0.199. The van der Waals surface area contributed by atoms with E-state index in [1.807, 2.05) is 6.07 Å². The standard InChI is InChI=1S/C12H10N4O2S2/c1-8-14-15-12(19-8)16-20(17,18)11-4-2-3-9-7-13-6-5-10(9)11/h2-7H,1H3,(H,15,16). The van der Waals surface area contributed by atoms with Crippen molar-refractivity contribution in [3.05, 3.63) is 41.7 Å². The van der Waals surface area contributed by atoms with Gasteiger partial charge in [0, 0.05) is 23.2 Å². The van der Waals surface area contributed by atoms with Crippen LogP contribution in [0.2, 0.25) is 0 Å². The second-order valence-electron chi connectivity index (χ2n) is 4.08. The highest BCUT2D eigenvalue weighted by molar-refractivity contribution is 7.93. The molecule has 0 bridgehead atoms. The maximum atomic E-state index is 12.4. The van der Waals surface area contributed by atoms with Gasteiger partial charge in [0.05, 0.1) is 4.90 Å². The predicted octanol–water partition coefficient (Wildman–Crippen LogP) is 2.20. The van der Waals surface area contributed by atoms with Crippen molar-refractivity contribution in [2.24, 2.45) is 0 Å². The summed E-state index contributed by atoms with van der Waals surface area (Å²) >= 11 is 1.19. The van der Waals surface area contributed by atoms with Gasteiger partial charge in [0.2, 0.25) is 5.13 Å². The number of nitrogens with one attached hydrogen (secondary N) is 1. The van der Waals surface area contributed by atoms with E-state index in [0.29, 0.717) is 10.4 Å². The number of rotatable bonds is 3. The monoisotopic (exact) mass is 306 g/mol. The summed E-state index contributed by atoms with van der Waals surface area (Å²) in [6.07, 6.45) is 3.19. The molecule has 0 unspecified atom stereocenters. The van der Waals surface area contributed by atoms with Gasteiger partial charge in [-0.2, -0.15) is 0 Å². The Bertz CT molecular complexity index is 869. The van der Waals surface area contributed by atoms with Crippen LogP contribution >= 0.6 is 11.3 Å². The first-order valence-electron chi connectivity index (χ1n) is 5.72. The molecule has 0 aliphatic rings. The van der Waals surface area contributed by atoms with Crippen molar-refractivity contribution in [3.63, 3.8) is 0 Å². The fourth-order valence-electron chi connectivity index (χ4n) is 1.83. The summed E-state index contributed by atoms with van der Waals surface area (Å²) in [5, 5.41) is 9.91. The minimum Gasteiger partial charge on any atom is -0.264 e. The van der Waals surface area contributed by atoms with Crippen molar-refractivity contribution in [1.29, 1.82) is 0 Å². The highest BCUT2D eigenvalue weighted by Gasteiger charge is 2.19. The molecule has 0 aliphatic heterocycles. The lowest BCUT2D eigenvalue weighted by molar-refractivity contribution is 0.602. The normalized spacial score (nSPS) is 11.7. The van der Waals surface area contributed by atoms with Crippen LogP contribution in [0.15, 0.2) is 41.6 Å². The zero-order chi connectivity index (χ0) is 14.2. The molecule has 2 aromatic heterocycles. The summed E-state index contributed by atoms with van der Waals surface area (Å²) in [5.74, 6) is 0. The number of nitrogens with zero attached hydrogens (tertiary/aromatic N) is 3. The van der Waals surface area contributed by atoms with Gasteiger partial charge in [0.15, 0.2) is 0 Å². The number of sulfonamides is 1. The van der Waals surface area contributed by atoms with Gasteiger partial charge in [0.1, 0.15) is 5.01 Å². The summed E-state index contributed by atoms with van der Waals surface area (Å²) < 4.78 is 27.3. The van der Waals surface area contributed by atoms with E-state index in [4.69, 9.17) is 0 Å². The van der Waals surface area contributed by atoms with E-state index >= 15 is 0 Å². The van der Waals surface area contributed by atoms with Crippen LogP contribution in [-0.2, 0) is 10.0 Å². The molecule has 6 nitrogen and oxygen atoms in total. The van der Waals surface area contributed by atoms with Crippen LogP contribution in [0.3, 0.4) is 0 Å². The Morgan fingerprint density at radius 3 is 2.80 bits per heavy atom. The van der Waals surface area contributed by atoms with E-state index in [2.05, 4.69) is 19.9 Å². The first-order chi connectivity index (χ1) is 9.56.